The third kappa shape index (κ3) is 6.36. The Hall–Kier alpha value is -4.39. The van der Waals surface area contributed by atoms with E-state index in [0.29, 0.717) is 33.3 Å². The maximum absolute atomic E-state index is 13.9. The molecular weight excluding hydrogens is 591 g/mol. The Morgan fingerprint density at radius 2 is 2.00 bits per heavy atom. The lowest BCUT2D eigenvalue weighted by Crippen LogP contribution is -2.51. The van der Waals surface area contributed by atoms with Gasteiger partial charge in [-0.3, -0.25) is 14.4 Å². The van der Waals surface area contributed by atoms with Gasteiger partial charge in [0.05, 0.1) is 35.5 Å². The van der Waals surface area contributed by atoms with Crippen molar-refractivity contribution < 1.29 is 36.8 Å². The number of anilines is 1. The Morgan fingerprint density at radius 3 is 2.67 bits per heavy atom. The number of aryl methyl sites for hydroxylation is 1. The van der Waals surface area contributed by atoms with E-state index in [4.69, 9.17) is 26.6 Å². The lowest BCUT2D eigenvalue weighted by molar-refractivity contribution is -0.139. The van der Waals surface area contributed by atoms with Gasteiger partial charge in [-0.2, -0.15) is 13.2 Å². The summed E-state index contributed by atoms with van der Waals surface area (Å²) in [6.45, 7) is 1.86. The minimum absolute atomic E-state index is 0.159. The van der Waals surface area contributed by atoms with Gasteiger partial charge in [-0.1, -0.05) is 41.0 Å². The van der Waals surface area contributed by atoms with Crippen LogP contribution in [0.15, 0.2) is 58.2 Å². The zero-order valence-electron chi connectivity index (χ0n) is 22.9. The number of amides is 3. The normalized spacial score (nSPS) is 17.7. The predicted molar refractivity (Wildman–Crippen MR) is 150 cm³/mol. The maximum Gasteiger partial charge on any atom is 0.389 e. The molecule has 5 rings (SSSR count). The lowest BCUT2D eigenvalue weighted by atomic mass is 9.81. The second kappa shape index (κ2) is 12.1. The van der Waals surface area contributed by atoms with Gasteiger partial charge in [-0.05, 0) is 38.0 Å². The third-order valence-electron chi connectivity index (χ3n) is 7.37. The molecule has 0 bridgehead atoms. The van der Waals surface area contributed by atoms with E-state index in [-0.39, 0.29) is 30.8 Å². The van der Waals surface area contributed by atoms with Crippen LogP contribution in [0.1, 0.15) is 47.6 Å². The summed E-state index contributed by atoms with van der Waals surface area (Å²) in [5, 5.41) is 6.74. The molecule has 14 heteroatoms. The van der Waals surface area contributed by atoms with Crippen molar-refractivity contribution >= 4 is 40.7 Å². The first kappa shape index (κ1) is 30.1. The number of halogens is 4. The second-order valence-corrected chi connectivity index (χ2v) is 10.7. The molecular formula is C29H27ClF3N5O5. The van der Waals surface area contributed by atoms with Crippen LogP contribution in [0.3, 0.4) is 0 Å². The van der Waals surface area contributed by atoms with Gasteiger partial charge in [0.1, 0.15) is 18.6 Å². The zero-order chi connectivity index (χ0) is 30.9. The summed E-state index contributed by atoms with van der Waals surface area (Å²) in [6, 6.07) is 12.0. The number of carbonyl (C=O) groups excluding carboxylic acids is 3. The van der Waals surface area contributed by atoms with E-state index in [1.54, 1.807) is 42.5 Å². The standard InChI is InChI=1S/C29H27ClF3N5O5/c1-15-20(14-43-37-15)22(25(34)39)18(8-4-10-29(31,32)33)27(40)36-26-28(41)38-11-12-42-21-9-3-7-19(24(21)38)23(35-26)16-5-2-6-17(30)13-16/h2-3,5-7,9,13-14,18,22,26H,4,8,10-12H2,1H3,(H2,34,39)(H,36,40)/t18-,22-,26-/m1/s1. The minimum atomic E-state index is -4.48. The smallest absolute Gasteiger partial charge is 0.389 e. The topological polar surface area (TPSA) is 140 Å². The molecule has 1 aromatic heterocycles. The first-order valence-corrected chi connectivity index (χ1v) is 13.8. The number of ether oxygens (including phenoxy) is 1. The van der Waals surface area contributed by atoms with Crippen LogP contribution in [0.2, 0.25) is 5.02 Å². The molecule has 0 radical (unpaired) electrons. The van der Waals surface area contributed by atoms with E-state index in [9.17, 15) is 27.6 Å². The number of aliphatic imine (C=N–C) groups is 1. The van der Waals surface area contributed by atoms with Gasteiger partial charge in [0.15, 0.2) is 0 Å². The van der Waals surface area contributed by atoms with Crippen LogP contribution < -0.4 is 20.7 Å². The van der Waals surface area contributed by atoms with Crippen LogP contribution in [0.4, 0.5) is 18.9 Å². The van der Waals surface area contributed by atoms with E-state index in [1.165, 1.54) is 11.8 Å². The molecule has 226 valence electrons. The quantitative estimate of drug-likeness (QED) is 0.367. The molecule has 3 amide bonds. The van der Waals surface area contributed by atoms with Crippen molar-refractivity contribution in [1.82, 2.24) is 10.5 Å². The van der Waals surface area contributed by atoms with Crippen LogP contribution in [-0.4, -0.2) is 54.1 Å². The third-order valence-corrected chi connectivity index (χ3v) is 7.61. The molecule has 2 aliphatic heterocycles. The highest BCUT2D eigenvalue weighted by atomic mass is 35.5. The van der Waals surface area contributed by atoms with Crippen molar-refractivity contribution in [1.29, 1.82) is 0 Å². The maximum atomic E-state index is 13.9. The zero-order valence-corrected chi connectivity index (χ0v) is 23.6. The Labute approximate surface area is 249 Å². The van der Waals surface area contributed by atoms with E-state index in [0.717, 1.165) is 6.26 Å². The fraction of sp³-hybridized carbons (Fsp3) is 0.345. The van der Waals surface area contributed by atoms with Gasteiger partial charge < -0.3 is 25.2 Å². The number of nitrogens with one attached hydrogen (secondary N) is 1. The number of para-hydroxylation sites is 1. The van der Waals surface area contributed by atoms with Crippen LogP contribution in [0.25, 0.3) is 0 Å². The van der Waals surface area contributed by atoms with Crippen LogP contribution in [-0.2, 0) is 14.4 Å². The van der Waals surface area contributed by atoms with E-state index in [2.05, 4.69) is 15.5 Å². The van der Waals surface area contributed by atoms with Crippen LogP contribution in [0, 0.1) is 12.8 Å². The fourth-order valence-corrected chi connectivity index (χ4v) is 5.62. The monoisotopic (exact) mass is 617 g/mol. The summed E-state index contributed by atoms with van der Waals surface area (Å²) >= 11 is 6.26. The number of nitrogens with zero attached hydrogens (tertiary/aromatic N) is 3. The molecule has 10 nitrogen and oxygen atoms in total. The number of carbonyl (C=O) groups is 3. The summed E-state index contributed by atoms with van der Waals surface area (Å²) in [6.07, 6.45) is -6.87. The van der Waals surface area contributed by atoms with Crippen molar-refractivity contribution in [3.05, 3.63) is 76.1 Å². The van der Waals surface area contributed by atoms with Gasteiger partial charge in [-0.15, -0.1) is 0 Å². The summed E-state index contributed by atoms with van der Waals surface area (Å²) in [7, 11) is 0. The van der Waals surface area contributed by atoms with Crippen molar-refractivity contribution in [2.45, 2.75) is 44.4 Å². The number of primary amides is 1. The number of hydrogen-bond acceptors (Lipinski definition) is 7. The predicted octanol–water partition coefficient (Wildman–Crippen LogP) is 4.27. The van der Waals surface area contributed by atoms with Gasteiger partial charge in [0.2, 0.25) is 18.0 Å². The van der Waals surface area contributed by atoms with E-state index < -0.39 is 54.7 Å². The molecule has 3 aromatic rings. The van der Waals surface area contributed by atoms with Gasteiger partial charge in [0.25, 0.3) is 5.91 Å². The van der Waals surface area contributed by atoms with Crippen molar-refractivity contribution in [2.75, 3.05) is 18.1 Å². The van der Waals surface area contributed by atoms with Gasteiger partial charge in [0, 0.05) is 28.1 Å². The number of rotatable bonds is 9. The molecule has 0 aliphatic carbocycles. The highest BCUT2D eigenvalue weighted by molar-refractivity contribution is 6.31. The van der Waals surface area contributed by atoms with Crippen molar-refractivity contribution in [3.8, 4) is 5.75 Å². The summed E-state index contributed by atoms with van der Waals surface area (Å²) in [4.78, 5) is 46.6. The Morgan fingerprint density at radius 1 is 1.23 bits per heavy atom. The molecule has 3 heterocycles. The number of benzene rings is 2. The Kier molecular flexibility index (Phi) is 8.45. The summed E-state index contributed by atoms with van der Waals surface area (Å²) in [5.41, 5.74) is 8.00. The van der Waals surface area contributed by atoms with Crippen molar-refractivity contribution in [2.24, 2.45) is 16.6 Å². The number of hydrogen-bond donors (Lipinski definition) is 2. The highest BCUT2D eigenvalue weighted by Gasteiger charge is 2.41. The molecule has 0 fully saturated rings. The van der Waals surface area contributed by atoms with Crippen LogP contribution >= 0.6 is 11.6 Å². The minimum Gasteiger partial charge on any atom is -0.490 e. The van der Waals surface area contributed by atoms with E-state index >= 15 is 0 Å². The molecule has 0 saturated heterocycles. The van der Waals surface area contributed by atoms with Gasteiger partial charge >= 0.3 is 6.18 Å². The Balaban J connectivity index is 1.56. The fourth-order valence-electron chi connectivity index (χ4n) is 5.43. The SMILES string of the molecule is Cc1nocc1[C@H](C(N)=O)[C@@H](CCCC(F)(F)F)C(=O)N[C@H]1N=C(c2cccc(Cl)c2)c2cccc3c2N(CCO3)C1=O. The molecule has 2 aromatic carbocycles. The summed E-state index contributed by atoms with van der Waals surface area (Å²) < 4.78 is 49.9. The largest absolute Gasteiger partial charge is 0.490 e. The number of aromatic nitrogens is 1. The molecule has 0 saturated carbocycles. The van der Waals surface area contributed by atoms with Crippen LogP contribution in [0.5, 0.6) is 5.75 Å². The van der Waals surface area contributed by atoms with Crippen molar-refractivity contribution in [3.63, 3.8) is 0 Å². The average Bonchev–Trinajstić information content (AvgIpc) is 3.32. The molecule has 3 N–H and O–H groups in total. The average molecular weight is 618 g/mol. The number of nitrogens with two attached hydrogens (primary N) is 1. The number of alkyl halides is 3. The highest BCUT2D eigenvalue weighted by Crippen LogP contribution is 2.39. The molecule has 43 heavy (non-hydrogen) atoms. The molecule has 0 spiro atoms. The summed E-state index contributed by atoms with van der Waals surface area (Å²) in [5.74, 6) is -4.74. The first-order valence-electron chi connectivity index (χ1n) is 13.4. The lowest BCUT2D eigenvalue weighted by Gasteiger charge is -2.31. The Bertz CT molecular complexity index is 1590. The first-order chi connectivity index (χ1) is 20.4. The molecule has 0 unspecified atom stereocenters. The molecule has 2 aliphatic rings. The van der Waals surface area contributed by atoms with Gasteiger partial charge in [-0.25, -0.2) is 4.99 Å². The molecule has 3 atom stereocenters. The second-order valence-electron chi connectivity index (χ2n) is 10.2. The van der Waals surface area contributed by atoms with E-state index in [1.807, 2.05) is 0 Å².